The lowest BCUT2D eigenvalue weighted by molar-refractivity contribution is -0.113. The highest BCUT2D eigenvalue weighted by Crippen LogP contribution is 2.42. The summed E-state index contributed by atoms with van der Waals surface area (Å²) >= 11 is 26.3. The summed E-state index contributed by atoms with van der Waals surface area (Å²) in [5.41, 5.74) is 0.435. The number of nitrogens with one attached hydrogen (secondary N) is 3. The molecular weight excluding hydrogens is 690 g/mol. The zero-order valence-corrected chi connectivity index (χ0v) is 26.9. The van der Waals surface area contributed by atoms with Gasteiger partial charge in [0.2, 0.25) is 5.91 Å². The van der Waals surface area contributed by atoms with Crippen LogP contribution >= 0.6 is 69.5 Å². The van der Waals surface area contributed by atoms with Crippen molar-refractivity contribution in [1.82, 2.24) is 0 Å². The van der Waals surface area contributed by atoms with Crippen LogP contribution in [0, 0.1) is 18.3 Å². The lowest BCUT2D eigenvalue weighted by Gasteiger charge is -2.14. The number of nitriles is 1. The average molecular weight is 708 g/mol. The molecule has 1 aromatic heterocycles. The fourth-order valence-electron chi connectivity index (χ4n) is 3.88. The van der Waals surface area contributed by atoms with E-state index in [0.29, 0.717) is 21.0 Å². The van der Waals surface area contributed by atoms with Crippen LogP contribution in [-0.4, -0.2) is 34.6 Å². The number of para-hydroxylation sites is 1. The molecule has 1 heterocycles. The van der Waals surface area contributed by atoms with Crippen LogP contribution in [0.5, 0.6) is 0 Å². The van der Waals surface area contributed by atoms with Gasteiger partial charge in [0.05, 0.1) is 47.4 Å². The fourth-order valence-corrected chi connectivity index (χ4v) is 6.72. The molecule has 0 saturated carbocycles. The number of hydrogen-bond acceptors (Lipinski definition) is 7. The molecule has 44 heavy (non-hydrogen) atoms. The zero-order valence-electron chi connectivity index (χ0n) is 22.3. The van der Waals surface area contributed by atoms with Gasteiger partial charge in [0.25, 0.3) is 11.8 Å². The van der Waals surface area contributed by atoms with E-state index in [1.165, 1.54) is 0 Å². The van der Waals surface area contributed by atoms with Crippen LogP contribution in [0.2, 0.25) is 20.1 Å². The number of rotatable bonds is 9. The Morgan fingerprint density at radius 2 is 1.45 bits per heavy atom. The topological polar surface area (TPSA) is 148 Å². The van der Waals surface area contributed by atoms with E-state index in [-0.39, 0.29) is 37.1 Å². The number of carboxylic acids is 1. The Balaban J connectivity index is 1.44. The number of aromatic carboxylic acids is 1. The molecular formula is C29H18Cl4N4O5S2. The SMILES string of the molecule is Cc1c(C(=O)Nc2ccccc2)sc(NC(=O)CSc2cccc(NC(=O)c3c(Cl)c(Cl)c(Cl)c(Cl)c3C(=O)O)c2)c1C#N. The number of carbonyl (C=O) groups excluding carboxylic acids is 3. The monoisotopic (exact) mass is 706 g/mol. The molecule has 4 aromatic rings. The van der Waals surface area contributed by atoms with Crippen molar-refractivity contribution in [2.24, 2.45) is 0 Å². The average Bonchev–Trinajstić information content (AvgIpc) is 3.31. The van der Waals surface area contributed by atoms with Crippen molar-refractivity contribution < 1.29 is 24.3 Å². The van der Waals surface area contributed by atoms with Gasteiger partial charge in [0.1, 0.15) is 11.1 Å². The molecule has 224 valence electrons. The van der Waals surface area contributed by atoms with Gasteiger partial charge in [0.15, 0.2) is 0 Å². The van der Waals surface area contributed by atoms with Crippen LogP contribution in [0.4, 0.5) is 16.4 Å². The van der Waals surface area contributed by atoms with Crippen molar-refractivity contribution in [3.63, 3.8) is 0 Å². The number of carbonyl (C=O) groups is 4. The molecule has 0 unspecified atom stereocenters. The molecule has 0 atom stereocenters. The summed E-state index contributed by atoms with van der Waals surface area (Å²) in [6.07, 6.45) is 0. The van der Waals surface area contributed by atoms with Gasteiger partial charge in [-0.15, -0.1) is 23.1 Å². The molecule has 0 saturated heterocycles. The number of nitrogens with zero attached hydrogens (tertiary/aromatic N) is 1. The van der Waals surface area contributed by atoms with Crippen molar-refractivity contribution in [2.75, 3.05) is 21.7 Å². The Morgan fingerprint density at radius 3 is 2.09 bits per heavy atom. The summed E-state index contributed by atoms with van der Waals surface area (Å²) in [6, 6.07) is 17.3. The molecule has 0 radical (unpaired) electrons. The minimum atomic E-state index is -1.53. The maximum atomic E-state index is 13.1. The standard InChI is InChI=1S/C29H18Cl4N4O5S2/c1-13-17(11-34)28(44-25(13)27(40)35-14-6-3-2-4-7-14)37-18(38)12-43-16-9-5-8-15(10-16)36-26(39)19-20(29(41)42)22(31)24(33)23(32)21(19)30/h2-10H,12H2,1H3,(H,35,40)(H,36,39)(H,37,38)(H,41,42). The van der Waals surface area contributed by atoms with Gasteiger partial charge in [-0.3, -0.25) is 14.4 Å². The van der Waals surface area contributed by atoms with Crippen molar-refractivity contribution >= 4 is 110 Å². The van der Waals surface area contributed by atoms with Crippen LogP contribution < -0.4 is 16.0 Å². The first-order valence-electron chi connectivity index (χ1n) is 12.3. The highest BCUT2D eigenvalue weighted by molar-refractivity contribution is 8.00. The second kappa shape index (κ2) is 14.3. The molecule has 0 bridgehead atoms. The summed E-state index contributed by atoms with van der Waals surface area (Å²) in [5.74, 6) is -3.32. The van der Waals surface area contributed by atoms with Crippen LogP contribution in [0.3, 0.4) is 0 Å². The molecule has 0 fully saturated rings. The number of anilines is 3. The summed E-state index contributed by atoms with van der Waals surface area (Å²) < 4.78 is 0. The minimum absolute atomic E-state index is 0.0673. The summed E-state index contributed by atoms with van der Waals surface area (Å²) in [7, 11) is 0. The van der Waals surface area contributed by atoms with E-state index < -0.39 is 39.8 Å². The Labute approximate surface area is 279 Å². The van der Waals surface area contributed by atoms with Crippen molar-refractivity contribution in [3.05, 3.63) is 102 Å². The lowest BCUT2D eigenvalue weighted by atomic mass is 10.1. The number of thiophene rings is 1. The van der Waals surface area contributed by atoms with E-state index in [2.05, 4.69) is 16.0 Å². The number of benzene rings is 3. The number of carboxylic acid groups (broad SMARTS) is 1. The predicted molar refractivity (Wildman–Crippen MR) is 175 cm³/mol. The van der Waals surface area contributed by atoms with Crippen molar-refractivity contribution in [1.29, 1.82) is 5.26 Å². The smallest absolute Gasteiger partial charge is 0.338 e. The van der Waals surface area contributed by atoms with E-state index in [4.69, 9.17) is 46.4 Å². The first kappa shape index (κ1) is 33.1. The lowest BCUT2D eigenvalue weighted by Crippen LogP contribution is -2.18. The minimum Gasteiger partial charge on any atom is -0.478 e. The van der Waals surface area contributed by atoms with Crippen molar-refractivity contribution in [2.45, 2.75) is 11.8 Å². The molecule has 0 aliphatic carbocycles. The number of amides is 3. The quantitative estimate of drug-likeness (QED) is 0.0775. The van der Waals surface area contributed by atoms with Gasteiger partial charge >= 0.3 is 5.97 Å². The predicted octanol–water partition coefficient (Wildman–Crippen LogP) is 8.48. The van der Waals surface area contributed by atoms with Crippen LogP contribution in [0.25, 0.3) is 0 Å². The summed E-state index contributed by atoms with van der Waals surface area (Å²) in [5, 5.41) is 26.2. The van der Waals surface area contributed by atoms with Gasteiger partial charge in [-0.05, 0) is 42.8 Å². The Hall–Kier alpha value is -3.76. The Morgan fingerprint density at radius 1 is 0.841 bits per heavy atom. The fraction of sp³-hybridized carbons (Fsp3) is 0.0690. The summed E-state index contributed by atoms with van der Waals surface area (Å²) in [4.78, 5) is 51.4. The van der Waals surface area contributed by atoms with E-state index >= 15 is 0 Å². The van der Waals surface area contributed by atoms with Gasteiger partial charge in [-0.25, -0.2) is 4.79 Å². The van der Waals surface area contributed by atoms with Gasteiger partial charge in [-0.2, -0.15) is 5.26 Å². The maximum absolute atomic E-state index is 13.1. The van der Waals surface area contributed by atoms with E-state index in [9.17, 15) is 29.5 Å². The van der Waals surface area contributed by atoms with Gasteiger partial charge in [0, 0.05) is 16.3 Å². The number of halogens is 4. The first-order chi connectivity index (χ1) is 20.9. The largest absolute Gasteiger partial charge is 0.478 e. The molecule has 3 aromatic carbocycles. The summed E-state index contributed by atoms with van der Waals surface area (Å²) in [6.45, 7) is 1.64. The highest BCUT2D eigenvalue weighted by atomic mass is 35.5. The second-order valence-corrected chi connectivity index (χ2v) is 12.4. The number of hydrogen-bond donors (Lipinski definition) is 4. The van der Waals surface area contributed by atoms with Gasteiger partial charge in [-0.1, -0.05) is 70.7 Å². The van der Waals surface area contributed by atoms with Crippen molar-refractivity contribution in [3.8, 4) is 6.07 Å². The molecule has 15 heteroatoms. The molecule has 9 nitrogen and oxygen atoms in total. The van der Waals surface area contributed by atoms with E-state index in [0.717, 1.165) is 23.1 Å². The molecule has 0 spiro atoms. The second-order valence-electron chi connectivity index (χ2n) is 8.82. The zero-order chi connectivity index (χ0) is 32.1. The van der Waals surface area contributed by atoms with Crippen LogP contribution in [-0.2, 0) is 4.79 Å². The molecule has 4 rings (SSSR count). The number of thioether (sulfide) groups is 1. The highest BCUT2D eigenvalue weighted by Gasteiger charge is 2.29. The van der Waals surface area contributed by atoms with Crippen LogP contribution in [0.1, 0.15) is 41.5 Å². The molecule has 4 N–H and O–H groups in total. The Kier molecular flexibility index (Phi) is 10.8. The van der Waals surface area contributed by atoms with E-state index in [1.807, 2.05) is 12.1 Å². The normalized spacial score (nSPS) is 10.5. The van der Waals surface area contributed by atoms with Gasteiger partial charge < -0.3 is 21.1 Å². The third kappa shape index (κ3) is 7.30. The Bertz CT molecular complexity index is 1860. The molecule has 0 aliphatic heterocycles. The third-order valence-corrected chi connectivity index (χ3v) is 9.92. The molecule has 3 amide bonds. The first-order valence-corrected chi connectivity index (χ1v) is 15.6. The third-order valence-electron chi connectivity index (χ3n) is 5.92. The van der Waals surface area contributed by atoms with E-state index in [1.54, 1.807) is 55.5 Å². The maximum Gasteiger partial charge on any atom is 0.338 e. The van der Waals surface area contributed by atoms with Crippen LogP contribution in [0.15, 0.2) is 59.5 Å². The molecule has 0 aliphatic rings.